The molecule has 94 valence electrons. The van der Waals surface area contributed by atoms with Crippen LogP contribution in [-0.2, 0) is 0 Å². The first kappa shape index (κ1) is 11.2. The SMILES string of the molecule is O=C(O)c1cc2cccc(Oc3ccncn3)c2o1. The first-order chi connectivity index (χ1) is 9.24. The maximum Gasteiger partial charge on any atom is 0.371 e. The van der Waals surface area contributed by atoms with E-state index in [1.54, 1.807) is 30.5 Å². The van der Waals surface area contributed by atoms with Gasteiger partial charge >= 0.3 is 5.97 Å². The Bertz CT molecular complexity index is 737. The third-order valence-electron chi connectivity index (χ3n) is 2.49. The van der Waals surface area contributed by atoms with Gasteiger partial charge in [0.1, 0.15) is 6.33 Å². The maximum atomic E-state index is 10.9. The van der Waals surface area contributed by atoms with E-state index in [0.29, 0.717) is 22.6 Å². The summed E-state index contributed by atoms with van der Waals surface area (Å²) in [5.74, 6) is -0.489. The standard InChI is InChI=1S/C13H8N2O4/c16-13(17)10-6-8-2-1-3-9(12(8)19-10)18-11-4-5-14-7-15-11/h1-7H,(H,16,17). The number of para-hydroxylation sites is 1. The molecule has 19 heavy (non-hydrogen) atoms. The summed E-state index contributed by atoms with van der Waals surface area (Å²) in [4.78, 5) is 18.6. The second-order valence-corrected chi connectivity index (χ2v) is 3.74. The molecule has 0 bridgehead atoms. The van der Waals surface area contributed by atoms with Gasteiger partial charge in [-0.3, -0.25) is 0 Å². The summed E-state index contributed by atoms with van der Waals surface area (Å²) in [5.41, 5.74) is 0.374. The lowest BCUT2D eigenvalue weighted by molar-refractivity contribution is 0.0665. The van der Waals surface area contributed by atoms with Crippen LogP contribution in [0.3, 0.4) is 0 Å². The van der Waals surface area contributed by atoms with Gasteiger partial charge in [-0.05, 0) is 12.1 Å². The minimum Gasteiger partial charge on any atom is -0.475 e. The second kappa shape index (κ2) is 4.41. The van der Waals surface area contributed by atoms with Crippen LogP contribution >= 0.6 is 0 Å². The van der Waals surface area contributed by atoms with Crippen molar-refractivity contribution in [3.05, 3.63) is 48.6 Å². The van der Waals surface area contributed by atoms with Gasteiger partial charge in [0.2, 0.25) is 11.6 Å². The molecule has 1 aromatic carbocycles. The molecule has 0 amide bonds. The number of benzene rings is 1. The van der Waals surface area contributed by atoms with E-state index >= 15 is 0 Å². The number of fused-ring (bicyclic) bond motifs is 1. The van der Waals surface area contributed by atoms with Crippen molar-refractivity contribution in [3.8, 4) is 11.6 Å². The molecule has 0 radical (unpaired) electrons. The number of furan rings is 1. The van der Waals surface area contributed by atoms with Gasteiger partial charge in [0.25, 0.3) is 0 Å². The molecule has 0 fully saturated rings. The average molecular weight is 256 g/mol. The van der Waals surface area contributed by atoms with Gasteiger partial charge in [0.15, 0.2) is 11.3 Å². The number of hydrogen-bond acceptors (Lipinski definition) is 5. The van der Waals surface area contributed by atoms with Gasteiger partial charge in [0, 0.05) is 17.6 Å². The van der Waals surface area contributed by atoms with Gasteiger partial charge in [-0.1, -0.05) is 12.1 Å². The molecule has 1 N–H and O–H groups in total. The van der Waals surface area contributed by atoms with Crippen LogP contribution in [0.2, 0.25) is 0 Å². The molecule has 0 aliphatic heterocycles. The molecule has 2 aromatic heterocycles. The van der Waals surface area contributed by atoms with Crippen molar-refractivity contribution in [3.63, 3.8) is 0 Å². The molecule has 3 rings (SSSR count). The van der Waals surface area contributed by atoms with Crippen LogP contribution in [0, 0.1) is 0 Å². The van der Waals surface area contributed by atoms with Gasteiger partial charge in [-0.2, -0.15) is 0 Å². The number of carbonyl (C=O) groups is 1. The predicted octanol–water partition coefficient (Wildman–Crippen LogP) is 2.71. The molecule has 6 nitrogen and oxygen atoms in total. The van der Waals surface area contributed by atoms with Crippen LogP contribution in [0.4, 0.5) is 0 Å². The highest BCUT2D eigenvalue weighted by atomic mass is 16.5. The van der Waals surface area contributed by atoms with E-state index in [2.05, 4.69) is 9.97 Å². The predicted molar refractivity (Wildman–Crippen MR) is 65.3 cm³/mol. The van der Waals surface area contributed by atoms with Crippen molar-refractivity contribution in [2.24, 2.45) is 0 Å². The van der Waals surface area contributed by atoms with Gasteiger partial charge in [-0.25, -0.2) is 14.8 Å². The second-order valence-electron chi connectivity index (χ2n) is 3.74. The molecule has 0 atom stereocenters. The zero-order chi connectivity index (χ0) is 13.2. The Morgan fingerprint density at radius 1 is 1.32 bits per heavy atom. The van der Waals surface area contributed by atoms with E-state index in [1.165, 1.54) is 12.4 Å². The molecular formula is C13H8N2O4. The van der Waals surface area contributed by atoms with Crippen LogP contribution in [0.1, 0.15) is 10.6 Å². The Labute approximate surface area is 107 Å². The number of rotatable bonds is 3. The summed E-state index contributed by atoms with van der Waals surface area (Å²) in [6, 6.07) is 8.22. The zero-order valence-corrected chi connectivity index (χ0v) is 9.61. The number of hydrogen-bond donors (Lipinski definition) is 1. The highest BCUT2D eigenvalue weighted by Crippen LogP contribution is 2.31. The summed E-state index contributed by atoms with van der Waals surface area (Å²) >= 11 is 0. The van der Waals surface area contributed by atoms with Crippen molar-refractivity contribution in [1.29, 1.82) is 0 Å². The van der Waals surface area contributed by atoms with E-state index in [9.17, 15) is 4.79 Å². The molecule has 0 aliphatic carbocycles. The van der Waals surface area contributed by atoms with Crippen molar-refractivity contribution in [2.45, 2.75) is 0 Å². The van der Waals surface area contributed by atoms with Crippen molar-refractivity contribution in [2.75, 3.05) is 0 Å². The topological polar surface area (TPSA) is 85.5 Å². The summed E-state index contributed by atoms with van der Waals surface area (Å²) < 4.78 is 10.8. The molecule has 0 spiro atoms. The minimum absolute atomic E-state index is 0.131. The quantitative estimate of drug-likeness (QED) is 0.775. The number of aromatic nitrogens is 2. The number of carboxylic acid groups (broad SMARTS) is 1. The highest BCUT2D eigenvalue weighted by Gasteiger charge is 2.14. The summed E-state index contributed by atoms with van der Waals surface area (Å²) in [5, 5.41) is 9.57. The van der Waals surface area contributed by atoms with Crippen molar-refractivity contribution in [1.82, 2.24) is 9.97 Å². The summed E-state index contributed by atoms with van der Waals surface area (Å²) in [6.45, 7) is 0. The zero-order valence-electron chi connectivity index (χ0n) is 9.61. The lowest BCUT2D eigenvalue weighted by Gasteiger charge is -2.03. The van der Waals surface area contributed by atoms with Gasteiger partial charge < -0.3 is 14.3 Å². The first-order valence-corrected chi connectivity index (χ1v) is 5.44. The monoisotopic (exact) mass is 256 g/mol. The lowest BCUT2D eigenvalue weighted by atomic mass is 10.2. The number of nitrogens with zero attached hydrogens (tertiary/aromatic N) is 2. The molecule has 2 heterocycles. The normalized spacial score (nSPS) is 10.5. The third kappa shape index (κ3) is 2.11. The molecule has 0 aliphatic rings. The van der Waals surface area contributed by atoms with Crippen molar-refractivity contribution < 1.29 is 19.1 Å². The fourth-order valence-electron chi connectivity index (χ4n) is 1.67. The van der Waals surface area contributed by atoms with E-state index in [0.717, 1.165) is 0 Å². The Morgan fingerprint density at radius 2 is 2.21 bits per heavy atom. The molecule has 0 saturated heterocycles. The molecule has 3 aromatic rings. The summed E-state index contributed by atoms with van der Waals surface area (Å²) in [7, 11) is 0. The van der Waals surface area contributed by atoms with Crippen LogP contribution in [0.25, 0.3) is 11.0 Å². The van der Waals surface area contributed by atoms with Crippen LogP contribution < -0.4 is 4.74 Å². The van der Waals surface area contributed by atoms with Crippen LogP contribution in [-0.4, -0.2) is 21.0 Å². The number of ether oxygens (including phenoxy) is 1. The minimum atomic E-state index is -1.12. The van der Waals surface area contributed by atoms with E-state index in [-0.39, 0.29) is 5.76 Å². The smallest absolute Gasteiger partial charge is 0.371 e. The highest BCUT2D eigenvalue weighted by molar-refractivity contribution is 5.93. The lowest BCUT2D eigenvalue weighted by Crippen LogP contribution is -1.91. The molecule has 0 saturated carbocycles. The van der Waals surface area contributed by atoms with E-state index in [1.807, 2.05) is 0 Å². The first-order valence-electron chi connectivity index (χ1n) is 5.44. The third-order valence-corrected chi connectivity index (χ3v) is 2.49. The fraction of sp³-hybridized carbons (Fsp3) is 0. The average Bonchev–Trinajstić information content (AvgIpc) is 2.85. The Morgan fingerprint density at radius 3 is 2.95 bits per heavy atom. The molecule has 6 heteroatoms. The summed E-state index contributed by atoms with van der Waals surface area (Å²) in [6.07, 6.45) is 2.91. The Hall–Kier alpha value is -2.89. The van der Waals surface area contributed by atoms with E-state index < -0.39 is 5.97 Å². The van der Waals surface area contributed by atoms with Crippen LogP contribution in [0.5, 0.6) is 11.6 Å². The Kier molecular flexibility index (Phi) is 2.60. The maximum absolute atomic E-state index is 10.9. The van der Waals surface area contributed by atoms with Gasteiger partial charge in [-0.15, -0.1) is 0 Å². The number of aromatic carboxylic acids is 1. The number of carboxylic acids is 1. The fourth-order valence-corrected chi connectivity index (χ4v) is 1.67. The van der Waals surface area contributed by atoms with Gasteiger partial charge in [0.05, 0.1) is 0 Å². The molecular weight excluding hydrogens is 248 g/mol. The van der Waals surface area contributed by atoms with E-state index in [4.69, 9.17) is 14.3 Å². The molecule has 0 unspecified atom stereocenters. The van der Waals surface area contributed by atoms with Crippen LogP contribution in [0.15, 0.2) is 47.3 Å². The van der Waals surface area contributed by atoms with Crippen molar-refractivity contribution >= 4 is 16.9 Å². The largest absolute Gasteiger partial charge is 0.475 e. The Balaban J connectivity index is 2.06.